The van der Waals surface area contributed by atoms with Crippen LogP contribution in [-0.2, 0) is 11.0 Å². The van der Waals surface area contributed by atoms with Crippen LogP contribution in [0.25, 0.3) is 11.1 Å². The standard InChI is InChI=1S/C28H29F3N2O4/c1-18(2)24(33-26-15-10-21(16-32-26)25(34)4-3-5-27(35)36)17-37-23-13-8-20(9-14-23)19-6-11-22(12-7-19)28(29,30)31/h6-16,18,24H,3-5,17H2,1-2H3,(H,32,33)(H,35,36)/t24-/m1/s1. The molecular weight excluding hydrogens is 485 g/mol. The van der Waals surface area contributed by atoms with Gasteiger partial charge in [0, 0.05) is 24.6 Å². The van der Waals surface area contributed by atoms with Crippen LogP contribution in [0.3, 0.4) is 0 Å². The third kappa shape index (κ3) is 8.34. The number of benzene rings is 2. The molecule has 37 heavy (non-hydrogen) atoms. The number of ether oxygens (including phenoxy) is 1. The van der Waals surface area contributed by atoms with Gasteiger partial charge in [0.05, 0.1) is 11.6 Å². The number of Topliss-reactive ketones (excluding diaryl/α,β-unsaturated/α-hetero) is 1. The van der Waals surface area contributed by atoms with Crippen LogP contribution in [0.2, 0.25) is 0 Å². The minimum absolute atomic E-state index is 0.0490. The number of ketones is 1. The van der Waals surface area contributed by atoms with Gasteiger partial charge in [-0.05, 0) is 59.9 Å². The number of anilines is 1. The summed E-state index contributed by atoms with van der Waals surface area (Å²) in [5.74, 6) is 0.331. The lowest BCUT2D eigenvalue weighted by atomic mass is 10.0. The molecule has 2 N–H and O–H groups in total. The van der Waals surface area contributed by atoms with E-state index in [9.17, 15) is 22.8 Å². The monoisotopic (exact) mass is 514 g/mol. The van der Waals surface area contributed by atoms with E-state index in [0.29, 0.717) is 29.3 Å². The molecule has 0 amide bonds. The Hall–Kier alpha value is -3.88. The van der Waals surface area contributed by atoms with E-state index >= 15 is 0 Å². The molecule has 0 radical (unpaired) electrons. The Balaban J connectivity index is 1.55. The van der Waals surface area contributed by atoms with Crippen molar-refractivity contribution in [2.45, 2.75) is 45.3 Å². The maximum atomic E-state index is 12.8. The Morgan fingerprint density at radius 1 is 0.946 bits per heavy atom. The van der Waals surface area contributed by atoms with Crippen LogP contribution >= 0.6 is 0 Å². The van der Waals surface area contributed by atoms with Crippen molar-refractivity contribution >= 4 is 17.6 Å². The number of nitrogens with zero attached hydrogens (tertiary/aromatic N) is 1. The third-order valence-electron chi connectivity index (χ3n) is 5.85. The van der Waals surface area contributed by atoms with E-state index in [1.54, 1.807) is 36.4 Å². The third-order valence-corrected chi connectivity index (χ3v) is 5.85. The molecule has 0 aliphatic carbocycles. The number of hydrogen-bond donors (Lipinski definition) is 2. The first-order valence-corrected chi connectivity index (χ1v) is 11.9. The fourth-order valence-corrected chi connectivity index (χ4v) is 3.56. The van der Waals surface area contributed by atoms with Crippen LogP contribution in [0, 0.1) is 5.92 Å². The zero-order chi connectivity index (χ0) is 27.0. The smallest absolute Gasteiger partial charge is 0.416 e. The van der Waals surface area contributed by atoms with Crippen molar-refractivity contribution in [3.63, 3.8) is 0 Å². The topological polar surface area (TPSA) is 88.5 Å². The van der Waals surface area contributed by atoms with Gasteiger partial charge in [-0.25, -0.2) is 4.98 Å². The minimum atomic E-state index is -4.37. The molecule has 0 unspecified atom stereocenters. The number of aromatic nitrogens is 1. The van der Waals surface area contributed by atoms with Gasteiger partial charge in [-0.3, -0.25) is 9.59 Å². The lowest BCUT2D eigenvalue weighted by Gasteiger charge is -2.23. The molecule has 0 spiro atoms. The van der Waals surface area contributed by atoms with E-state index in [1.165, 1.54) is 18.3 Å². The number of hydrogen-bond acceptors (Lipinski definition) is 5. The van der Waals surface area contributed by atoms with E-state index in [4.69, 9.17) is 9.84 Å². The summed E-state index contributed by atoms with van der Waals surface area (Å²) in [4.78, 5) is 27.1. The molecule has 0 bridgehead atoms. The normalized spacial score (nSPS) is 12.3. The van der Waals surface area contributed by atoms with Gasteiger partial charge in [0.15, 0.2) is 5.78 Å². The van der Waals surface area contributed by atoms with Gasteiger partial charge in [0.25, 0.3) is 0 Å². The average molecular weight is 515 g/mol. The van der Waals surface area contributed by atoms with Gasteiger partial charge in [0.1, 0.15) is 18.2 Å². The van der Waals surface area contributed by atoms with Gasteiger partial charge in [-0.2, -0.15) is 13.2 Å². The highest BCUT2D eigenvalue weighted by molar-refractivity contribution is 5.96. The average Bonchev–Trinajstić information content (AvgIpc) is 2.86. The summed E-state index contributed by atoms with van der Waals surface area (Å²) in [5, 5.41) is 12.0. The Bertz CT molecular complexity index is 1180. The largest absolute Gasteiger partial charge is 0.491 e. The van der Waals surface area contributed by atoms with Gasteiger partial charge < -0.3 is 15.2 Å². The van der Waals surface area contributed by atoms with Crippen molar-refractivity contribution in [1.82, 2.24) is 4.98 Å². The lowest BCUT2D eigenvalue weighted by molar-refractivity contribution is -0.138. The molecule has 0 aliphatic rings. The molecule has 0 saturated heterocycles. The number of aliphatic carboxylic acids is 1. The molecule has 6 nitrogen and oxygen atoms in total. The number of carbonyl (C=O) groups excluding carboxylic acids is 1. The molecule has 0 fully saturated rings. The quantitative estimate of drug-likeness (QED) is 0.261. The molecule has 0 aliphatic heterocycles. The van der Waals surface area contributed by atoms with Crippen molar-refractivity contribution in [3.8, 4) is 16.9 Å². The Morgan fingerprint density at radius 2 is 1.57 bits per heavy atom. The molecule has 2 aromatic carbocycles. The summed E-state index contributed by atoms with van der Waals surface area (Å²) in [7, 11) is 0. The molecule has 9 heteroatoms. The zero-order valence-corrected chi connectivity index (χ0v) is 20.6. The molecule has 196 valence electrons. The summed E-state index contributed by atoms with van der Waals surface area (Å²) < 4.78 is 44.3. The van der Waals surface area contributed by atoms with Crippen LogP contribution in [0.1, 0.15) is 49.0 Å². The molecule has 0 saturated carbocycles. The highest BCUT2D eigenvalue weighted by Crippen LogP contribution is 2.31. The molecular formula is C28H29F3N2O4. The summed E-state index contributed by atoms with van der Waals surface area (Å²) in [6.45, 7) is 4.42. The van der Waals surface area contributed by atoms with Crippen molar-refractivity contribution < 1.29 is 32.6 Å². The number of carbonyl (C=O) groups is 2. The number of pyridine rings is 1. The predicted molar refractivity (Wildman–Crippen MR) is 135 cm³/mol. The van der Waals surface area contributed by atoms with Gasteiger partial charge in [-0.15, -0.1) is 0 Å². The van der Waals surface area contributed by atoms with Crippen LogP contribution in [0.15, 0.2) is 66.9 Å². The first kappa shape index (κ1) is 27.7. The summed E-state index contributed by atoms with van der Waals surface area (Å²) in [6, 6.07) is 15.4. The maximum Gasteiger partial charge on any atom is 0.416 e. The van der Waals surface area contributed by atoms with Crippen LogP contribution < -0.4 is 10.1 Å². The highest BCUT2D eigenvalue weighted by atomic mass is 19.4. The molecule has 1 atom stereocenters. The molecule has 1 heterocycles. The minimum Gasteiger partial charge on any atom is -0.491 e. The van der Waals surface area contributed by atoms with E-state index in [0.717, 1.165) is 17.7 Å². The first-order valence-electron chi connectivity index (χ1n) is 11.9. The molecule has 3 aromatic rings. The fourth-order valence-electron chi connectivity index (χ4n) is 3.56. The molecule has 3 rings (SSSR count). The second-order valence-corrected chi connectivity index (χ2v) is 9.01. The number of carboxylic acids is 1. The number of halogens is 3. The molecule has 1 aromatic heterocycles. The van der Waals surface area contributed by atoms with Crippen LogP contribution in [-0.4, -0.2) is 34.5 Å². The number of rotatable bonds is 12. The van der Waals surface area contributed by atoms with E-state index in [-0.39, 0.29) is 37.0 Å². The second-order valence-electron chi connectivity index (χ2n) is 9.01. The van der Waals surface area contributed by atoms with Gasteiger partial charge in [0.2, 0.25) is 0 Å². The first-order chi connectivity index (χ1) is 17.5. The van der Waals surface area contributed by atoms with Crippen LogP contribution in [0.5, 0.6) is 5.75 Å². The fraction of sp³-hybridized carbons (Fsp3) is 0.321. The Morgan fingerprint density at radius 3 is 2.08 bits per heavy atom. The summed E-state index contributed by atoms with van der Waals surface area (Å²) >= 11 is 0. The van der Waals surface area contributed by atoms with Gasteiger partial charge in [-0.1, -0.05) is 38.1 Å². The summed E-state index contributed by atoms with van der Waals surface area (Å²) in [6.07, 6.45) is -2.50. The van der Waals surface area contributed by atoms with Crippen molar-refractivity contribution in [1.29, 1.82) is 0 Å². The van der Waals surface area contributed by atoms with E-state index in [1.807, 2.05) is 13.8 Å². The van der Waals surface area contributed by atoms with Crippen LogP contribution in [0.4, 0.5) is 19.0 Å². The van der Waals surface area contributed by atoms with E-state index < -0.39 is 17.7 Å². The Labute approximate surface area is 213 Å². The van der Waals surface area contributed by atoms with Crippen molar-refractivity contribution in [3.05, 3.63) is 78.0 Å². The number of nitrogens with one attached hydrogen (secondary N) is 1. The highest BCUT2D eigenvalue weighted by Gasteiger charge is 2.30. The van der Waals surface area contributed by atoms with E-state index in [2.05, 4.69) is 10.3 Å². The van der Waals surface area contributed by atoms with Crippen molar-refractivity contribution in [2.24, 2.45) is 5.92 Å². The van der Waals surface area contributed by atoms with Crippen molar-refractivity contribution in [2.75, 3.05) is 11.9 Å². The summed E-state index contributed by atoms with van der Waals surface area (Å²) in [5.41, 5.74) is 1.20. The zero-order valence-electron chi connectivity index (χ0n) is 20.6. The Kier molecular flexibility index (Phi) is 9.27. The van der Waals surface area contributed by atoms with Gasteiger partial charge >= 0.3 is 12.1 Å². The predicted octanol–water partition coefficient (Wildman–Crippen LogP) is 6.72. The second kappa shape index (κ2) is 12.4. The number of carboxylic acid groups (broad SMARTS) is 1. The SMILES string of the molecule is CC(C)[C@@H](COc1ccc(-c2ccc(C(F)(F)F)cc2)cc1)Nc1ccc(C(=O)CCCC(=O)O)cn1. The number of alkyl halides is 3. The lowest BCUT2D eigenvalue weighted by Crippen LogP contribution is -2.32. The maximum absolute atomic E-state index is 12.8.